The summed E-state index contributed by atoms with van der Waals surface area (Å²) in [5.41, 5.74) is -0.278. The molecule has 5 heteroatoms. The van der Waals surface area contributed by atoms with Crippen LogP contribution in [-0.2, 0) is 0 Å². The number of likely N-dealkylation sites (N-methyl/N-ethyl adjacent to an activating group) is 1. The van der Waals surface area contributed by atoms with Crippen LogP contribution in [0.25, 0.3) is 0 Å². The van der Waals surface area contributed by atoms with E-state index in [9.17, 15) is 19.7 Å². The lowest BCUT2D eigenvalue weighted by Gasteiger charge is -2.19. The first kappa shape index (κ1) is 11.9. The van der Waals surface area contributed by atoms with Crippen LogP contribution in [0.2, 0.25) is 0 Å². The second-order valence-electron chi connectivity index (χ2n) is 3.24. The predicted molar refractivity (Wildman–Crippen MR) is 53.0 cm³/mol. The highest BCUT2D eigenvalue weighted by atomic mass is 19.1. The molecule has 2 unspecified atom stereocenters. The summed E-state index contributed by atoms with van der Waals surface area (Å²) in [6.07, 6.45) is -2.61. The van der Waals surface area contributed by atoms with Gasteiger partial charge in [0.15, 0.2) is 0 Å². The van der Waals surface area contributed by atoms with Crippen LogP contribution in [0.4, 0.5) is 4.39 Å². The molecule has 0 spiro atoms. The van der Waals surface area contributed by atoms with Crippen molar-refractivity contribution in [3.05, 3.63) is 29.6 Å². The average Bonchev–Trinajstić information content (AvgIpc) is 2.17. The number of rotatable bonds is 4. The Morgan fingerprint density at radius 3 is 2.60 bits per heavy atom. The number of aliphatic hydroxyl groups excluding tert-OH is 2. The molecule has 0 aromatic heterocycles. The Labute approximate surface area is 87.0 Å². The first-order valence-corrected chi connectivity index (χ1v) is 4.56. The molecule has 84 valence electrons. The molecule has 1 aromatic carbocycles. The number of aliphatic hydroxyl groups is 2. The summed E-state index contributed by atoms with van der Waals surface area (Å²) >= 11 is 0. The van der Waals surface area contributed by atoms with Gasteiger partial charge in [-0.15, -0.1) is 0 Å². The third-order valence-electron chi connectivity index (χ3n) is 2.10. The van der Waals surface area contributed by atoms with Crippen molar-refractivity contribution in [1.82, 2.24) is 5.32 Å². The fourth-order valence-electron chi connectivity index (χ4n) is 1.33. The van der Waals surface area contributed by atoms with Gasteiger partial charge in [-0.3, -0.25) is 0 Å². The minimum atomic E-state index is -1.45. The maximum Gasteiger partial charge on any atom is 0.132 e. The van der Waals surface area contributed by atoms with Crippen molar-refractivity contribution in [2.24, 2.45) is 0 Å². The fourth-order valence-corrected chi connectivity index (χ4v) is 1.33. The van der Waals surface area contributed by atoms with E-state index >= 15 is 0 Å². The van der Waals surface area contributed by atoms with Crippen LogP contribution in [0.15, 0.2) is 18.2 Å². The first-order chi connectivity index (χ1) is 7.07. The van der Waals surface area contributed by atoms with E-state index < -0.39 is 18.0 Å². The topological polar surface area (TPSA) is 72.7 Å². The lowest BCUT2D eigenvalue weighted by atomic mass is 10.0. The van der Waals surface area contributed by atoms with Crippen molar-refractivity contribution in [2.45, 2.75) is 12.2 Å². The van der Waals surface area contributed by atoms with Crippen molar-refractivity contribution in [3.63, 3.8) is 0 Å². The number of phenolic OH excluding ortho intramolecular Hbond substituents is 1. The van der Waals surface area contributed by atoms with Crippen molar-refractivity contribution in [2.75, 3.05) is 13.6 Å². The van der Waals surface area contributed by atoms with Gasteiger partial charge >= 0.3 is 0 Å². The summed E-state index contributed by atoms with van der Waals surface area (Å²) in [5, 5.41) is 31.0. The van der Waals surface area contributed by atoms with Crippen molar-refractivity contribution < 1.29 is 19.7 Å². The van der Waals surface area contributed by atoms with Gasteiger partial charge < -0.3 is 20.6 Å². The molecular weight excluding hydrogens is 201 g/mol. The monoisotopic (exact) mass is 215 g/mol. The third-order valence-corrected chi connectivity index (χ3v) is 2.10. The molecule has 0 aliphatic carbocycles. The minimum Gasteiger partial charge on any atom is -0.507 e. The molecule has 15 heavy (non-hydrogen) atoms. The molecule has 0 saturated heterocycles. The van der Waals surface area contributed by atoms with E-state index in [4.69, 9.17) is 0 Å². The number of halogens is 1. The summed E-state index contributed by atoms with van der Waals surface area (Å²) in [6.45, 7) is 0.106. The zero-order chi connectivity index (χ0) is 11.4. The summed E-state index contributed by atoms with van der Waals surface area (Å²) in [7, 11) is 1.59. The van der Waals surface area contributed by atoms with Gasteiger partial charge in [0.1, 0.15) is 17.7 Å². The number of aromatic hydroxyl groups is 1. The fraction of sp³-hybridized carbons (Fsp3) is 0.400. The Bertz CT molecular complexity index is 312. The highest BCUT2D eigenvalue weighted by Crippen LogP contribution is 2.28. The van der Waals surface area contributed by atoms with Crippen LogP contribution in [0.5, 0.6) is 5.75 Å². The molecule has 0 radical (unpaired) electrons. The standard InChI is InChI=1S/C10H14FNO3/c1-12-5-8(14)10(15)9-6(11)3-2-4-7(9)13/h2-4,8,10,12-15H,5H2,1H3. The second-order valence-corrected chi connectivity index (χ2v) is 3.24. The molecule has 0 saturated carbocycles. The molecule has 2 atom stereocenters. The van der Waals surface area contributed by atoms with Gasteiger partial charge in [0.05, 0.1) is 11.7 Å². The number of benzene rings is 1. The van der Waals surface area contributed by atoms with E-state index in [0.29, 0.717) is 0 Å². The van der Waals surface area contributed by atoms with Gasteiger partial charge in [-0.25, -0.2) is 4.39 Å². The van der Waals surface area contributed by atoms with E-state index in [2.05, 4.69) is 5.32 Å². The molecular formula is C10H14FNO3. The minimum absolute atomic E-state index is 0.106. The first-order valence-electron chi connectivity index (χ1n) is 4.56. The highest BCUT2D eigenvalue weighted by Gasteiger charge is 2.23. The number of nitrogens with one attached hydrogen (secondary N) is 1. The molecule has 0 amide bonds. The Morgan fingerprint density at radius 2 is 2.07 bits per heavy atom. The van der Waals surface area contributed by atoms with E-state index in [-0.39, 0.29) is 17.9 Å². The van der Waals surface area contributed by atoms with Gasteiger partial charge in [0, 0.05) is 6.54 Å². The highest BCUT2D eigenvalue weighted by molar-refractivity contribution is 5.35. The number of hydrogen-bond donors (Lipinski definition) is 4. The normalized spacial score (nSPS) is 14.9. The SMILES string of the molecule is CNCC(O)C(O)c1c(O)cccc1F. The van der Waals surface area contributed by atoms with E-state index in [1.165, 1.54) is 12.1 Å². The zero-order valence-corrected chi connectivity index (χ0v) is 8.31. The average molecular weight is 215 g/mol. The Morgan fingerprint density at radius 1 is 1.40 bits per heavy atom. The summed E-state index contributed by atoms with van der Waals surface area (Å²) < 4.78 is 13.2. The predicted octanol–water partition coefficient (Wildman–Crippen LogP) is 0.145. The molecule has 0 bridgehead atoms. The Kier molecular flexibility index (Phi) is 4.02. The molecule has 4 N–H and O–H groups in total. The van der Waals surface area contributed by atoms with Crippen LogP contribution < -0.4 is 5.32 Å². The molecule has 1 aromatic rings. The second kappa shape index (κ2) is 5.06. The Balaban J connectivity index is 2.94. The molecule has 0 fully saturated rings. The molecule has 0 aliphatic heterocycles. The van der Waals surface area contributed by atoms with Gasteiger partial charge in [-0.05, 0) is 19.2 Å². The van der Waals surface area contributed by atoms with Crippen molar-refractivity contribution in [3.8, 4) is 5.75 Å². The van der Waals surface area contributed by atoms with Crippen LogP contribution in [0.3, 0.4) is 0 Å². The maximum absolute atomic E-state index is 13.2. The molecule has 1 rings (SSSR count). The van der Waals surface area contributed by atoms with Crippen LogP contribution in [0.1, 0.15) is 11.7 Å². The summed E-state index contributed by atoms with van der Waals surface area (Å²) in [6, 6.07) is 3.70. The molecule has 0 heterocycles. The smallest absolute Gasteiger partial charge is 0.132 e. The molecule has 4 nitrogen and oxygen atoms in total. The zero-order valence-electron chi connectivity index (χ0n) is 8.31. The van der Waals surface area contributed by atoms with Gasteiger partial charge in [-0.1, -0.05) is 6.07 Å². The number of hydrogen-bond acceptors (Lipinski definition) is 4. The Hall–Kier alpha value is -1.17. The summed E-state index contributed by atoms with van der Waals surface area (Å²) in [4.78, 5) is 0. The van der Waals surface area contributed by atoms with Crippen LogP contribution >= 0.6 is 0 Å². The lowest BCUT2D eigenvalue weighted by Crippen LogP contribution is -2.30. The largest absolute Gasteiger partial charge is 0.507 e. The van der Waals surface area contributed by atoms with Crippen LogP contribution in [-0.4, -0.2) is 35.0 Å². The van der Waals surface area contributed by atoms with Gasteiger partial charge in [0.25, 0.3) is 0 Å². The van der Waals surface area contributed by atoms with E-state index in [1.807, 2.05) is 0 Å². The number of phenols is 1. The lowest BCUT2D eigenvalue weighted by molar-refractivity contribution is 0.0167. The van der Waals surface area contributed by atoms with Gasteiger partial charge in [-0.2, -0.15) is 0 Å². The quantitative estimate of drug-likeness (QED) is 0.576. The van der Waals surface area contributed by atoms with Crippen molar-refractivity contribution in [1.29, 1.82) is 0 Å². The molecule has 0 aliphatic rings. The van der Waals surface area contributed by atoms with Crippen LogP contribution in [0, 0.1) is 5.82 Å². The van der Waals surface area contributed by atoms with Crippen molar-refractivity contribution >= 4 is 0 Å². The van der Waals surface area contributed by atoms with Gasteiger partial charge in [0.2, 0.25) is 0 Å². The van der Waals surface area contributed by atoms with E-state index in [0.717, 1.165) is 6.07 Å². The van der Waals surface area contributed by atoms with E-state index in [1.54, 1.807) is 7.05 Å². The summed E-state index contributed by atoms with van der Waals surface area (Å²) in [5.74, 6) is -1.10. The maximum atomic E-state index is 13.2. The third kappa shape index (κ3) is 2.65.